The van der Waals surface area contributed by atoms with E-state index in [0.29, 0.717) is 12.1 Å². The Morgan fingerprint density at radius 3 is 2.67 bits per heavy atom. The third-order valence-corrected chi connectivity index (χ3v) is 6.34. The van der Waals surface area contributed by atoms with E-state index >= 15 is 0 Å². The molecule has 122 valence electrons. The fraction of sp³-hybridized carbons (Fsp3) is 1.00. The first-order valence-electron chi connectivity index (χ1n) is 9.36. The molecule has 1 saturated carbocycles. The second-order valence-electron chi connectivity index (χ2n) is 7.71. The summed E-state index contributed by atoms with van der Waals surface area (Å²) < 4.78 is 6.56. The van der Waals surface area contributed by atoms with E-state index in [1.807, 2.05) is 0 Å². The van der Waals surface area contributed by atoms with Gasteiger partial charge in [-0.1, -0.05) is 32.6 Å². The summed E-state index contributed by atoms with van der Waals surface area (Å²) in [4.78, 5) is 2.64. The van der Waals surface area contributed by atoms with Gasteiger partial charge in [-0.2, -0.15) is 0 Å². The summed E-state index contributed by atoms with van der Waals surface area (Å²) in [5.41, 5.74) is 6.31. The van der Waals surface area contributed by atoms with Crippen molar-refractivity contribution >= 4 is 0 Å². The van der Waals surface area contributed by atoms with Crippen molar-refractivity contribution in [3.05, 3.63) is 0 Å². The van der Waals surface area contributed by atoms with Crippen molar-refractivity contribution in [2.45, 2.75) is 88.9 Å². The van der Waals surface area contributed by atoms with Crippen molar-refractivity contribution in [2.75, 3.05) is 19.6 Å². The predicted octanol–water partition coefficient (Wildman–Crippen LogP) is 3.32. The summed E-state index contributed by atoms with van der Waals surface area (Å²) in [6.45, 7) is 5.49. The maximum atomic E-state index is 6.56. The Morgan fingerprint density at radius 1 is 1.14 bits per heavy atom. The van der Waals surface area contributed by atoms with E-state index in [2.05, 4.69) is 11.8 Å². The summed E-state index contributed by atoms with van der Waals surface area (Å²) in [5.74, 6) is 0.893. The lowest BCUT2D eigenvalue weighted by Crippen LogP contribution is -2.49. The zero-order valence-corrected chi connectivity index (χ0v) is 13.9. The fourth-order valence-corrected chi connectivity index (χ4v) is 4.89. The largest absolute Gasteiger partial charge is 0.370 e. The Hall–Kier alpha value is -0.120. The van der Waals surface area contributed by atoms with Crippen LogP contribution in [0.4, 0.5) is 0 Å². The van der Waals surface area contributed by atoms with Gasteiger partial charge < -0.3 is 10.5 Å². The van der Waals surface area contributed by atoms with Crippen LogP contribution in [0.2, 0.25) is 0 Å². The number of rotatable bonds is 4. The van der Waals surface area contributed by atoms with E-state index in [9.17, 15) is 0 Å². The smallest absolute Gasteiger partial charge is 0.0710 e. The highest BCUT2D eigenvalue weighted by atomic mass is 16.5. The van der Waals surface area contributed by atoms with E-state index in [1.165, 1.54) is 70.8 Å². The third-order valence-electron chi connectivity index (χ3n) is 6.34. The average molecular weight is 294 g/mol. The molecule has 3 fully saturated rings. The second-order valence-corrected chi connectivity index (χ2v) is 7.71. The molecule has 0 bridgehead atoms. The van der Waals surface area contributed by atoms with Crippen LogP contribution in [0, 0.1) is 5.92 Å². The molecule has 0 aromatic carbocycles. The maximum absolute atomic E-state index is 6.56. The zero-order chi connectivity index (χ0) is 14.7. The molecule has 2 heterocycles. The highest BCUT2D eigenvalue weighted by Gasteiger charge is 2.41. The van der Waals surface area contributed by atoms with Gasteiger partial charge in [0.25, 0.3) is 0 Å². The average Bonchev–Trinajstić information content (AvgIpc) is 2.90. The standard InChI is InChI=1S/C18H34N2O/c1-2-15-7-11-20(16(12-15)13-19)14-17-6-10-18(21-17)8-4-3-5-9-18/h15-17H,2-14,19H2,1H3. The van der Waals surface area contributed by atoms with Gasteiger partial charge in [0.2, 0.25) is 0 Å². The Kier molecular flexibility index (Phi) is 5.23. The van der Waals surface area contributed by atoms with Gasteiger partial charge in [-0.05, 0) is 51.0 Å². The lowest BCUT2D eigenvalue weighted by Gasteiger charge is -2.40. The van der Waals surface area contributed by atoms with Crippen LogP contribution in [-0.4, -0.2) is 42.3 Å². The van der Waals surface area contributed by atoms with Crippen LogP contribution in [0.25, 0.3) is 0 Å². The highest BCUT2D eigenvalue weighted by Crippen LogP contribution is 2.42. The van der Waals surface area contributed by atoms with Gasteiger partial charge in [-0.25, -0.2) is 0 Å². The van der Waals surface area contributed by atoms with Crippen LogP contribution < -0.4 is 5.73 Å². The van der Waals surface area contributed by atoms with Gasteiger partial charge in [0.15, 0.2) is 0 Å². The molecular formula is C18H34N2O. The fourth-order valence-electron chi connectivity index (χ4n) is 4.89. The summed E-state index contributed by atoms with van der Waals surface area (Å²) in [7, 11) is 0. The highest BCUT2D eigenvalue weighted by molar-refractivity contribution is 4.93. The normalized spacial score (nSPS) is 37.1. The maximum Gasteiger partial charge on any atom is 0.0710 e. The predicted molar refractivity (Wildman–Crippen MR) is 87.4 cm³/mol. The quantitative estimate of drug-likeness (QED) is 0.864. The Bertz CT molecular complexity index is 327. The third kappa shape index (κ3) is 3.62. The van der Waals surface area contributed by atoms with Crippen LogP contribution in [-0.2, 0) is 4.74 Å². The van der Waals surface area contributed by atoms with Gasteiger partial charge in [-0.15, -0.1) is 0 Å². The number of hydrogen-bond acceptors (Lipinski definition) is 3. The molecule has 2 saturated heterocycles. The lowest BCUT2D eigenvalue weighted by atomic mass is 9.83. The minimum Gasteiger partial charge on any atom is -0.370 e. The Morgan fingerprint density at radius 2 is 1.95 bits per heavy atom. The molecule has 3 rings (SSSR count). The molecule has 3 atom stereocenters. The van der Waals surface area contributed by atoms with Gasteiger partial charge >= 0.3 is 0 Å². The van der Waals surface area contributed by atoms with Gasteiger partial charge in [0.1, 0.15) is 0 Å². The Labute approximate surface area is 130 Å². The van der Waals surface area contributed by atoms with Crippen molar-refractivity contribution in [3.63, 3.8) is 0 Å². The van der Waals surface area contributed by atoms with E-state index in [0.717, 1.165) is 19.0 Å². The van der Waals surface area contributed by atoms with E-state index in [1.54, 1.807) is 0 Å². The summed E-state index contributed by atoms with van der Waals surface area (Å²) >= 11 is 0. The number of ether oxygens (including phenoxy) is 1. The monoisotopic (exact) mass is 294 g/mol. The first-order chi connectivity index (χ1) is 10.2. The molecule has 3 aliphatic rings. The summed E-state index contributed by atoms with van der Waals surface area (Å²) in [6, 6.07) is 0.593. The summed E-state index contributed by atoms with van der Waals surface area (Å²) in [5, 5.41) is 0. The summed E-state index contributed by atoms with van der Waals surface area (Å²) in [6.07, 6.45) is 13.8. The molecule has 3 nitrogen and oxygen atoms in total. The first-order valence-corrected chi connectivity index (χ1v) is 9.36. The molecule has 1 spiro atoms. The molecular weight excluding hydrogens is 260 g/mol. The van der Waals surface area contributed by atoms with Crippen LogP contribution in [0.5, 0.6) is 0 Å². The number of likely N-dealkylation sites (tertiary alicyclic amines) is 1. The van der Waals surface area contributed by atoms with Crippen LogP contribution in [0.15, 0.2) is 0 Å². The Balaban J connectivity index is 1.52. The molecule has 1 aliphatic carbocycles. The topological polar surface area (TPSA) is 38.5 Å². The minimum atomic E-state index is 0.267. The molecule has 3 unspecified atom stereocenters. The SMILES string of the molecule is CCC1CCN(CC2CCC3(CCCCC3)O2)C(CN)C1. The van der Waals surface area contributed by atoms with Crippen molar-refractivity contribution < 1.29 is 4.74 Å². The van der Waals surface area contributed by atoms with E-state index < -0.39 is 0 Å². The van der Waals surface area contributed by atoms with Crippen molar-refractivity contribution in [1.29, 1.82) is 0 Å². The molecule has 2 aliphatic heterocycles. The van der Waals surface area contributed by atoms with Crippen molar-refractivity contribution in [3.8, 4) is 0 Å². The van der Waals surface area contributed by atoms with Gasteiger partial charge in [-0.3, -0.25) is 4.90 Å². The molecule has 2 N–H and O–H groups in total. The first kappa shape index (κ1) is 15.8. The minimum absolute atomic E-state index is 0.267. The molecule has 0 aromatic heterocycles. The van der Waals surface area contributed by atoms with Crippen molar-refractivity contribution in [1.82, 2.24) is 4.90 Å². The number of piperidine rings is 1. The van der Waals surface area contributed by atoms with Crippen molar-refractivity contribution in [2.24, 2.45) is 11.7 Å². The molecule has 3 heteroatoms. The molecule has 0 radical (unpaired) electrons. The van der Waals surface area contributed by atoms with Gasteiger partial charge in [0.05, 0.1) is 11.7 Å². The molecule has 0 aromatic rings. The van der Waals surface area contributed by atoms with Crippen LogP contribution in [0.1, 0.15) is 71.1 Å². The lowest BCUT2D eigenvalue weighted by molar-refractivity contribution is -0.0777. The number of hydrogen-bond donors (Lipinski definition) is 1. The zero-order valence-electron chi connectivity index (χ0n) is 13.9. The van der Waals surface area contributed by atoms with Crippen LogP contribution >= 0.6 is 0 Å². The molecule has 0 amide bonds. The number of nitrogens with two attached hydrogens (primary N) is 1. The number of nitrogens with zero attached hydrogens (tertiary/aromatic N) is 1. The molecule has 21 heavy (non-hydrogen) atoms. The second kappa shape index (κ2) is 6.97. The van der Waals surface area contributed by atoms with Crippen LogP contribution in [0.3, 0.4) is 0 Å². The van der Waals surface area contributed by atoms with E-state index in [4.69, 9.17) is 10.5 Å². The van der Waals surface area contributed by atoms with E-state index in [-0.39, 0.29) is 5.60 Å². The van der Waals surface area contributed by atoms with Gasteiger partial charge in [0, 0.05) is 19.1 Å².